The normalized spacial score (nSPS) is 17.5. The van der Waals surface area contributed by atoms with Crippen LogP contribution in [-0.4, -0.2) is 37.6 Å². The van der Waals surface area contributed by atoms with Gasteiger partial charge in [-0.2, -0.15) is 13.2 Å². The molecule has 4 rings (SSSR count). The number of aliphatic carboxylic acids is 1. The summed E-state index contributed by atoms with van der Waals surface area (Å²) in [7, 11) is -3.55. The third-order valence-electron chi connectivity index (χ3n) is 5.57. The van der Waals surface area contributed by atoms with Gasteiger partial charge < -0.3 is 10.4 Å². The van der Waals surface area contributed by atoms with E-state index in [-0.39, 0.29) is 10.1 Å². The molecule has 3 N–H and O–H groups in total. The molecule has 0 spiro atoms. The molecule has 0 aliphatic heterocycles. The number of halogens is 3. The van der Waals surface area contributed by atoms with Gasteiger partial charge in [-0.15, -0.1) is 11.3 Å². The van der Waals surface area contributed by atoms with Crippen LogP contribution in [0, 0.1) is 0 Å². The van der Waals surface area contributed by atoms with Gasteiger partial charge in [-0.25, -0.2) is 13.2 Å². The lowest BCUT2D eigenvalue weighted by atomic mass is 9.94. The Bertz CT molecular complexity index is 1070. The molecule has 0 bridgehead atoms. The van der Waals surface area contributed by atoms with Gasteiger partial charge in [0.1, 0.15) is 4.21 Å². The van der Waals surface area contributed by atoms with Crippen molar-refractivity contribution in [1.29, 1.82) is 0 Å². The van der Waals surface area contributed by atoms with E-state index < -0.39 is 27.6 Å². The van der Waals surface area contributed by atoms with Gasteiger partial charge in [0.2, 0.25) is 5.91 Å². The molecule has 180 valence electrons. The van der Waals surface area contributed by atoms with E-state index in [2.05, 4.69) is 10.0 Å². The fraction of sp³-hybridized carbons (Fsp3) is 0.429. The maximum atomic E-state index is 12.7. The Kier molecular flexibility index (Phi) is 7.37. The second-order valence-electron chi connectivity index (χ2n) is 7.95. The van der Waals surface area contributed by atoms with Crippen molar-refractivity contribution >= 4 is 38.9 Å². The summed E-state index contributed by atoms with van der Waals surface area (Å²) in [4.78, 5) is 21.6. The third kappa shape index (κ3) is 6.26. The molecule has 1 heterocycles. The second-order valence-corrected chi connectivity index (χ2v) is 10.8. The van der Waals surface area contributed by atoms with E-state index in [4.69, 9.17) is 9.90 Å². The lowest BCUT2D eigenvalue weighted by Gasteiger charge is -2.20. The number of hydrogen-bond donors (Lipinski definition) is 3. The summed E-state index contributed by atoms with van der Waals surface area (Å²) in [5.41, 5.74) is 1.05. The molecule has 12 heteroatoms. The molecule has 0 saturated heterocycles. The van der Waals surface area contributed by atoms with Crippen LogP contribution in [0.5, 0.6) is 0 Å². The number of nitrogens with one attached hydrogen (secondary N) is 2. The van der Waals surface area contributed by atoms with Gasteiger partial charge in [-0.1, -0.05) is 31.0 Å². The number of amides is 1. The number of rotatable bonds is 6. The Morgan fingerprint density at radius 1 is 1.06 bits per heavy atom. The minimum atomic E-state index is -5.08. The number of carbonyl (C=O) groups is 2. The Morgan fingerprint density at radius 3 is 2.09 bits per heavy atom. The fourth-order valence-electron chi connectivity index (χ4n) is 3.64. The van der Waals surface area contributed by atoms with E-state index in [0.29, 0.717) is 11.7 Å². The molecule has 0 unspecified atom stereocenters. The Balaban J connectivity index is 0.000000383. The molecule has 2 saturated carbocycles. The van der Waals surface area contributed by atoms with Gasteiger partial charge in [0.15, 0.2) is 0 Å². The standard InChI is InChI=1S/C19H22N2O3S2.C2HF3O2/c22-18(20-15-4-1-2-5-15)19(11-12-19)14-7-9-16(10-8-14)21-26(23,24)17-6-3-13-25-17;3-2(4,5)1(6)7/h3,6-10,13,15,21H,1-2,4-5,11-12H2,(H,20,22);(H,6,7). The van der Waals surface area contributed by atoms with E-state index in [1.54, 1.807) is 29.6 Å². The zero-order valence-corrected chi connectivity index (χ0v) is 19.0. The molecule has 2 aliphatic carbocycles. The zero-order chi connectivity index (χ0) is 24.3. The molecule has 1 aromatic carbocycles. The number of benzene rings is 1. The first kappa shape index (κ1) is 25.0. The lowest BCUT2D eigenvalue weighted by Crippen LogP contribution is -2.40. The van der Waals surface area contributed by atoms with Crippen molar-refractivity contribution in [3.8, 4) is 0 Å². The average molecular weight is 505 g/mol. The molecule has 2 aromatic rings. The molecule has 33 heavy (non-hydrogen) atoms. The van der Waals surface area contributed by atoms with Crippen molar-refractivity contribution < 1.29 is 36.3 Å². The maximum Gasteiger partial charge on any atom is 0.490 e. The maximum absolute atomic E-state index is 12.7. The topological polar surface area (TPSA) is 113 Å². The van der Waals surface area contributed by atoms with Crippen molar-refractivity contribution in [2.75, 3.05) is 4.72 Å². The summed E-state index contributed by atoms with van der Waals surface area (Å²) < 4.78 is 59.2. The van der Waals surface area contributed by atoms with Crippen molar-refractivity contribution in [3.63, 3.8) is 0 Å². The molecule has 1 aromatic heterocycles. The van der Waals surface area contributed by atoms with Crippen LogP contribution in [0.2, 0.25) is 0 Å². The highest BCUT2D eigenvalue weighted by molar-refractivity contribution is 7.94. The highest BCUT2D eigenvalue weighted by Crippen LogP contribution is 2.49. The number of hydrogen-bond acceptors (Lipinski definition) is 5. The van der Waals surface area contributed by atoms with Crippen LogP contribution < -0.4 is 10.0 Å². The Labute approximate surface area is 193 Å². The number of thiophene rings is 1. The summed E-state index contributed by atoms with van der Waals surface area (Å²) in [6, 6.07) is 10.8. The Morgan fingerprint density at radius 2 is 1.64 bits per heavy atom. The van der Waals surface area contributed by atoms with E-state index in [0.717, 1.165) is 31.2 Å². The highest BCUT2D eigenvalue weighted by atomic mass is 32.2. The number of carbonyl (C=O) groups excluding carboxylic acids is 1. The summed E-state index contributed by atoms with van der Waals surface area (Å²) in [6.45, 7) is 0. The lowest BCUT2D eigenvalue weighted by molar-refractivity contribution is -0.192. The van der Waals surface area contributed by atoms with Gasteiger partial charge in [-0.05, 0) is 54.8 Å². The van der Waals surface area contributed by atoms with Gasteiger partial charge in [0, 0.05) is 11.7 Å². The summed E-state index contributed by atoms with van der Waals surface area (Å²) in [5, 5.41) is 12.1. The zero-order valence-electron chi connectivity index (χ0n) is 17.4. The van der Waals surface area contributed by atoms with Crippen LogP contribution in [0.1, 0.15) is 44.1 Å². The van der Waals surface area contributed by atoms with Gasteiger partial charge in [0.25, 0.3) is 10.0 Å². The number of carboxylic acid groups (broad SMARTS) is 1. The highest BCUT2D eigenvalue weighted by Gasteiger charge is 2.51. The number of carboxylic acids is 1. The minimum absolute atomic E-state index is 0.122. The van der Waals surface area contributed by atoms with E-state index in [1.165, 1.54) is 24.2 Å². The first-order valence-corrected chi connectivity index (χ1v) is 12.6. The molecule has 2 fully saturated rings. The van der Waals surface area contributed by atoms with Gasteiger partial charge in [0.05, 0.1) is 5.41 Å². The van der Waals surface area contributed by atoms with Crippen molar-refractivity contribution in [1.82, 2.24) is 5.32 Å². The van der Waals surface area contributed by atoms with Crippen LogP contribution in [0.15, 0.2) is 46.0 Å². The number of anilines is 1. The van der Waals surface area contributed by atoms with Crippen molar-refractivity contribution in [3.05, 3.63) is 47.3 Å². The van der Waals surface area contributed by atoms with E-state index >= 15 is 0 Å². The molecule has 7 nitrogen and oxygen atoms in total. The van der Waals surface area contributed by atoms with E-state index in [1.807, 2.05) is 12.1 Å². The fourth-order valence-corrected chi connectivity index (χ4v) is 5.70. The minimum Gasteiger partial charge on any atom is -0.475 e. The largest absolute Gasteiger partial charge is 0.490 e. The molecule has 1 amide bonds. The molecular formula is C21H23F3N2O5S2. The summed E-state index contributed by atoms with van der Waals surface area (Å²) in [5.74, 6) is -2.64. The Hall–Kier alpha value is -2.60. The SMILES string of the molecule is O=C(NC1CCCC1)C1(c2ccc(NS(=O)(=O)c3cccs3)cc2)CC1.O=C(O)C(F)(F)F. The predicted octanol–water partition coefficient (Wildman–Crippen LogP) is 4.27. The quantitative estimate of drug-likeness (QED) is 0.544. The van der Waals surface area contributed by atoms with Gasteiger partial charge in [-0.3, -0.25) is 9.52 Å². The van der Waals surface area contributed by atoms with Crippen molar-refractivity contribution in [2.45, 2.75) is 60.4 Å². The van der Waals surface area contributed by atoms with Crippen LogP contribution in [0.3, 0.4) is 0 Å². The van der Waals surface area contributed by atoms with Gasteiger partial charge >= 0.3 is 12.1 Å². The third-order valence-corrected chi connectivity index (χ3v) is 8.35. The molecule has 2 aliphatic rings. The first-order chi connectivity index (χ1) is 15.4. The molecule has 0 atom stereocenters. The van der Waals surface area contributed by atoms with Crippen LogP contribution >= 0.6 is 11.3 Å². The molecule has 0 radical (unpaired) electrons. The number of sulfonamides is 1. The van der Waals surface area contributed by atoms with E-state index in [9.17, 15) is 26.4 Å². The predicted molar refractivity (Wildman–Crippen MR) is 117 cm³/mol. The monoisotopic (exact) mass is 504 g/mol. The smallest absolute Gasteiger partial charge is 0.475 e. The number of alkyl halides is 3. The van der Waals surface area contributed by atoms with Crippen LogP contribution in [-0.2, 0) is 25.0 Å². The van der Waals surface area contributed by atoms with Crippen LogP contribution in [0.4, 0.5) is 18.9 Å². The first-order valence-electron chi connectivity index (χ1n) is 10.2. The average Bonchev–Trinajstić information content (AvgIpc) is 3.13. The summed E-state index contributed by atoms with van der Waals surface area (Å²) in [6.07, 6.45) is 1.15. The summed E-state index contributed by atoms with van der Waals surface area (Å²) >= 11 is 1.18. The van der Waals surface area contributed by atoms with Crippen LogP contribution in [0.25, 0.3) is 0 Å². The second kappa shape index (κ2) is 9.72. The van der Waals surface area contributed by atoms with Crippen molar-refractivity contribution in [2.24, 2.45) is 0 Å². The molecular weight excluding hydrogens is 481 g/mol.